The largest absolute Gasteiger partial charge is 0.491 e. The Morgan fingerprint density at radius 2 is 1.92 bits per heavy atom. The van der Waals surface area contributed by atoms with Crippen molar-refractivity contribution in [3.05, 3.63) is 53.6 Å². The minimum absolute atomic E-state index is 0.00938. The summed E-state index contributed by atoms with van der Waals surface area (Å²) in [4.78, 5) is 28.3. The Morgan fingerprint density at radius 3 is 2.79 bits per heavy atom. The maximum atomic E-state index is 13.0. The van der Waals surface area contributed by atoms with Gasteiger partial charge in [0.05, 0.1) is 18.7 Å². The van der Waals surface area contributed by atoms with Crippen LogP contribution in [0.4, 0.5) is 11.4 Å². The van der Waals surface area contributed by atoms with Crippen molar-refractivity contribution < 1.29 is 14.3 Å². The van der Waals surface area contributed by atoms with Crippen LogP contribution in [0.15, 0.2) is 42.5 Å². The van der Waals surface area contributed by atoms with Crippen molar-refractivity contribution >= 4 is 23.2 Å². The second kappa shape index (κ2) is 5.67. The lowest BCUT2D eigenvalue weighted by atomic mass is 10.1. The van der Waals surface area contributed by atoms with Crippen molar-refractivity contribution in [2.24, 2.45) is 0 Å². The van der Waals surface area contributed by atoms with Gasteiger partial charge in [0.2, 0.25) is 5.91 Å². The van der Waals surface area contributed by atoms with Gasteiger partial charge in [-0.2, -0.15) is 0 Å². The molecule has 0 saturated carbocycles. The number of para-hydroxylation sites is 1. The van der Waals surface area contributed by atoms with Gasteiger partial charge in [-0.25, -0.2) is 0 Å². The SMILES string of the molecule is CN1C(=O)CCOc2ccc(C(=O)N3CCc4ccccc43)cc21. The summed E-state index contributed by atoms with van der Waals surface area (Å²) in [6.07, 6.45) is 1.21. The van der Waals surface area contributed by atoms with E-state index in [9.17, 15) is 9.59 Å². The van der Waals surface area contributed by atoms with Crippen LogP contribution < -0.4 is 14.5 Å². The third-order valence-electron chi connectivity index (χ3n) is 4.65. The normalized spacial score (nSPS) is 16.3. The smallest absolute Gasteiger partial charge is 0.258 e. The van der Waals surface area contributed by atoms with Crippen LogP contribution in [0.5, 0.6) is 5.75 Å². The predicted molar refractivity (Wildman–Crippen MR) is 91.8 cm³/mol. The first-order valence-electron chi connectivity index (χ1n) is 8.08. The van der Waals surface area contributed by atoms with Gasteiger partial charge >= 0.3 is 0 Å². The minimum Gasteiger partial charge on any atom is -0.491 e. The van der Waals surface area contributed by atoms with Crippen LogP contribution in [0.25, 0.3) is 0 Å². The van der Waals surface area contributed by atoms with Crippen molar-refractivity contribution in [2.75, 3.05) is 30.0 Å². The highest BCUT2D eigenvalue weighted by atomic mass is 16.5. The molecule has 122 valence electrons. The molecule has 4 rings (SSSR count). The number of ether oxygens (including phenoxy) is 1. The Hall–Kier alpha value is -2.82. The highest BCUT2D eigenvalue weighted by Gasteiger charge is 2.27. The number of carbonyl (C=O) groups excluding carboxylic acids is 2. The number of nitrogens with zero attached hydrogens (tertiary/aromatic N) is 2. The molecule has 0 fully saturated rings. The first-order chi connectivity index (χ1) is 11.6. The zero-order valence-electron chi connectivity index (χ0n) is 13.5. The predicted octanol–water partition coefficient (Wildman–Crippen LogP) is 2.63. The monoisotopic (exact) mass is 322 g/mol. The molecule has 0 radical (unpaired) electrons. The molecule has 2 aromatic rings. The maximum Gasteiger partial charge on any atom is 0.258 e. The summed E-state index contributed by atoms with van der Waals surface area (Å²) >= 11 is 0. The van der Waals surface area contributed by atoms with Crippen LogP contribution in [-0.4, -0.2) is 32.0 Å². The van der Waals surface area contributed by atoms with Crippen LogP contribution in [0.2, 0.25) is 0 Å². The van der Waals surface area contributed by atoms with E-state index in [0.29, 0.717) is 36.6 Å². The maximum absolute atomic E-state index is 13.0. The van der Waals surface area contributed by atoms with E-state index in [0.717, 1.165) is 12.1 Å². The van der Waals surface area contributed by atoms with Gasteiger partial charge in [-0.05, 0) is 36.2 Å². The summed E-state index contributed by atoms with van der Waals surface area (Å²) in [5.74, 6) is 0.583. The molecule has 0 saturated heterocycles. The molecular formula is C19H18N2O3. The summed E-state index contributed by atoms with van der Waals surface area (Å²) in [6, 6.07) is 13.3. The molecule has 0 bridgehead atoms. The van der Waals surface area contributed by atoms with Gasteiger partial charge in [-0.3, -0.25) is 9.59 Å². The number of anilines is 2. The van der Waals surface area contributed by atoms with Crippen molar-refractivity contribution in [2.45, 2.75) is 12.8 Å². The van der Waals surface area contributed by atoms with Gasteiger partial charge in [-0.1, -0.05) is 18.2 Å². The van der Waals surface area contributed by atoms with Gasteiger partial charge in [0.1, 0.15) is 5.75 Å². The van der Waals surface area contributed by atoms with E-state index in [4.69, 9.17) is 4.74 Å². The fourth-order valence-corrected chi connectivity index (χ4v) is 3.29. The molecule has 2 aliphatic heterocycles. The van der Waals surface area contributed by atoms with Crippen molar-refractivity contribution in [3.8, 4) is 5.75 Å². The Bertz CT molecular complexity index is 831. The quantitative estimate of drug-likeness (QED) is 0.811. The van der Waals surface area contributed by atoms with E-state index < -0.39 is 0 Å². The standard InChI is InChI=1S/C19H18N2O3/c1-20-16-12-14(6-7-17(16)24-11-9-18(20)22)19(23)21-10-8-13-4-2-3-5-15(13)21/h2-7,12H,8-11H2,1H3. The average Bonchev–Trinajstić information content (AvgIpc) is 2.98. The third kappa shape index (κ3) is 2.33. The molecule has 0 aliphatic carbocycles. The lowest BCUT2D eigenvalue weighted by Crippen LogP contribution is -2.29. The summed E-state index contributed by atoms with van der Waals surface area (Å²) < 4.78 is 5.62. The Balaban J connectivity index is 1.70. The van der Waals surface area contributed by atoms with E-state index in [-0.39, 0.29) is 11.8 Å². The van der Waals surface area contributed by atoms with E-state index in [1.807, 2.05) is 18.2 Å². The average molecular weight is 322 g/mol. The minimum atomic E-state index is -0.0483. The number of amides is 2. The molecule has 0 spiro atoms. The highest BCUT2D eigenvalue weighted by molar-refractivity contribution is 6.08. The van der Waals surface area contributed by atoms with Gasteiger partial charge in [-0.15, -0.1) is 0 Å². The van der Waals surface area contributed by atoms with Crippen LogP contribution in [0, 0.1) is 0 Å². The van der Waals surface area contributed by atoms with Crippen molar-refractivity contribution in [1.82, 2.24) is 0 Å². The molecule has 0 atom stereocenters. The summed E-state index contributed by atoms with van der Waals surface area (Å²) in [6.45, 7) is 1.05. The molecule has 5 heteroatoms. The van der Waals surface area contributed by atoms with Gasteiger partial charge in [0.15, 0.2) is 0 Å². The molecular weight excluding hydrogens is 304 g/mol. The number of hydrogen-bond donors (Lipinski definition) is 0. The highest BCUT2D eigenvalue weighted by Crippen LogP contribution is 2.34. The van der Waals surface area contributed by atoms with E-state index >= 15 is 0 Å². The number of hydrogen-bond acceptors (Lipinski definition) is 3. The number of carbonyl (C=O) groups is 2. The second-order valence-electron chi connectivity index (χ2n) is 6.07. The number of fused-ring (bicyclic) bond motifs is 2. The summed E-state index contributed by atoms with van der Waals surface area (Å²) in [5.41, 5.74) is 3.38. The molecule has 0 N–H and O–H groups in total. The van der Waals surface area contributed by atoms with E-state index in [1.54, 1.807) is 35.0 Å². The van der Waals surface area contributed by atoms with Gasteiger partial charge in [0, 0.05) is 24.8 Å². The van der Waals surface area contributed by atoms with Crippen LogP contribution in [0.3, 0.4) is 0 Å². The molecule has 24 heavy (non-hydrogen) atoms. The first-order valence-corrected chi connectivity index (χ1v) is 8.08. The van der Waals surface area contributed by atoms with Crippen LogP contribution in [-0.2, 0) is 11.2 Å². The fourth-order valence-electron chi connectivity index (χ4n) is 3.29. The zero-order valence-corrected chi connectivity index (χ0v) is 13.5. The number of rotatable bonds is 1. The first kappa shape index (κ1) is 14.8. The molecule has 2 amide bonds. The van der Waals surface area contributed by atoms with Crippen molar-refractivity contribution in [1.29, 1.82) is 0 Å². The summed E-state index contributed by atoms with van der Waals surface area (Å²) in [5, 5.41) is 0. The second-order valence-corrected chi connectivity index (χ2v) is 6.07. The van der Waals surface area contributed by atoms with Crippen LogP contribution >= 0.6 is 0 Å². The zero-order chi connectivity index (χ0) is 16.7. The Kier molecular flexibility index (Phi) is 3.49. The van der Waals surface area contributed by atoms with E-state index in [1.165, 1.54) is 5.56 Å². The van der Waals surface area contributed by atoms with Crippen LogP contribution in [0.1, 0.15) is 22.3 Å². The number of benzene rings is 2. The molecule has 2 aromatic carbocycles. The van der Waals surface area contributed by atoms with Gasteiger partial charge in [0.25, 0.3) is 5.91 Å². The topological polar surface area (TPSA) is 49.9 Å². The van der Waals surface area contributed by atoms with E-state index in [2.05, 4.69) is 6.07 Å². The van der Waals surface area contributed by atoms with Crippen molar-refractivity contribution in [3.63, 3.8) is 0 Å². The Morgan fingerprint density at radius 1 is 1.08 bits per heavy atom. The lowest BCUT2D eigenvalue weighted by Gasteiger charge is -2.20. The van der Waals surface area contributed by atoms with Gasteiger partial charge < -0.3 is 14.5 Å². The third-order valence-corrected chi connectivity index (χ3v) is 4.65. The molecule has 0 aromatic heterocycles. The lowest BCUT2D eigenvalue weighted by molar-refractivity contribution is -0.118. The fraction of sp³-hybridized carbons (Fsp3) is 0.263. The molecule has 2 aliphatic rings. The Labute approximate surface area is 140 Å². The summed E-state index contributed by atoms with van der Waals surface area (Å²) in [7, 11) is 1.72. The molecule has 5 nitrogen and oxygen atoms in total. The molecule has 0 unspecified atom stereocenters. The molecule has 2 heterocycles.